The summed E-state index contributed by atoms with van der Waals surface area (Å²) in [4.78, 5) is 19.8. The van der Waals surface area contributed by atoms with Gasteiger partial charge in [0.25, 0.3) is 0 Å². The lowest BCUT2D eigenvalue weighted by atomic mass is 10.1. The zero-order valence-electron chi connectivity index (χ0n) is 14.0. The van der Waals surface area contributed by atoms with Crippen LogP contribution in [0.2, 0.25) is 0 Å². The number of carbonyl (C=O) groups excluding carboxylic acids is 1. The number of halogens is 3. The maximum atomic E-state index is 12.8. The molecule has 0 saturated heterocycles. The van der Waals surface area contributed by atoms with Gasteiger partial charge in [0.05, 0.1) is 5.56 Å². The first-order valence-electron chi connectivity index (χ1n) is 8.07. The van der Waals surface area contributed by atoms with Gasteiger partial charge in [-0.1, -0.05) is 17.3 Å². The molecule has 0 atom stereocenters. The Balaban J connectivity index is 1.56. The molecule has 0 aliphatic rings. The molecular formula is C18H15F3N4O2. The third-order valence-electron chi connectivity index (χ3n) is 3.72. The van der Waals surface area contributed by atoms with E-state index in [1.807, 2.05) is 0 Å². The summed E-state index contributed by atoms with van der Waals surface area (Å²) in [6, 6.07) is 8.25. The molecule has 0 aliphatic carbocycles. The quantitative estimate of drug-likeness (QED) is 0.713. The first kappa shape index (κ1) is 18.6. The van der Waals surface area contributed by atoms with E-state index in [1.54, 1.807) is 24.5 Å². The van der Waals surface area contributed by atoms with Crippen molar-refractivity contribution in [3.8, 4) is 11.4 Å². The topological polar surface area (TPSA) is 80.9 Å². The van der Waals surface area contributed by atoms with Crippen molar-refractivity contribution in [2.24, 2.45) is 0 Å². The molecule has 1 aromatic carbocycles. The van der Waals surface area contributed by atoms with Crippen LogP contribution in [0.25, 0.3) is 11.4 Å². The normalized spacial score (nSPS) is 11.4. The fourth-order valence-corrected chi connectivity index (χ4v) is 2.32. The average Bonchev–Trinajstić information content (AvgIpc) is 3.14. The maximum Gasteiger partial charge on any atom is 0.416 e. The SMILES string of the molecule is O=C(CCc1nc(-c2cccc(C(F)(F)F)c2)no1)NCc1ccncc1. The summed E-state index contributed by atoms with van der Waals surface area (Å²) in [5, 5.41) is 6.44. The molecule has 2 aromatic heterocycles. The second kappa shape index (κ2) is 7.98. The van der Waals surface area contributed by atoms with E-state index in [0.717, 1.165) is 17.7 Å². The maximum absolute atomic E-state index is 12.8. The van der Waals surface area contributed by atoms with Crippen molar-refractivity contribution in [3.05, 3.63) is 65.8 Å². The van der Waals surface area contributed by atoms with Gasteiger partial charge in [0.2, 0.25) is 17.6 Å². The predicted molar refractivity (Wildman–Crippen MR) is 89.1 cm³/mol. The number of amides is 1. The van der Waals surface area contributed by atoms with Crippen molar-refractivity contribution in [2.45, 2.75) is 25.6 Å². The fourth-order valence-electron chi connectivity index (χ4n) is 2.32. The van der Waals surface area contributed by atoms with Crippen molar-refractivity contribution >= 4 is 5.91 Å². The van der Waals surface area contributed by atoms with Gasteiger partial charge in [0.15, 0.2) is 0 Å². The van der Waals surface area contributed by atoms with E-state index in [0.29, 0.717) is 6.54 Å². The Hall–Kier alpha value is -3.23. The molecule has 0 unspecified atom stereocenters. The standard InChI is InChI=1S/C18H15F3N4O2/c19-18(20,21)14-3-1-2-13(10-14)17-24-16(27-25-17)5-4-15(26)23-11-12-6-8-22-9-7-12/h1-3,6-10H,4-5,11H2,(H,23,26). The third-order valence-corrected chi connectivity index (χ3v) is 3.72. The number of benzene rings is 1. The summed E-state index contributed by atoms with van der Waals surface area (Å²) < 4.78 is 43.4. The monoisotopic (exact) mass is 376 g/mol. The Morgan fingerprint density at radius 1 is 1.15 bits per heavy atom. The molecule has 27 heavy (non-hydrogen) atoms. The molecule has 0 saturated carbocycles. The van der Waals surface area contributed by atoms with Gasteiger partial charge in [0, 0.05) is 37.3 Å². The average molecular weight is 376 g/mol. The van der Waals surface area contributed by atoms with E-state index in [2.05, 4.69) is 20.4 Å². The second-order valence-electron chi connectivity index (χ2n) is 5.72. The highest BCUT2D eigenvalue weighted by Crippen LogP contribution is 2.31. The molecule has 9 heteroatoms. The van der Waals surface area contributed by atoms with E-state index >= 15 is 0 Å². The van der Waals surface area contributed by atoms with Gasteiger partial charge in [-0.2, -0.15) is 18.2 Å². The van der Waals surface area contributed by atoms with Gasteiger partial charge in [0.1, 0.15) is 0 Å². The van der Waals surface area contributed by atoms with Crippen molar-refractivity contribution in [1.82, 2.24) is 20.4 Å². The molecule has 6 nitrogen and oxygen atoms in total. The van der Waals surface area contributed by atoms with Gasteiger partial charge >= 0.3 is 6.18 Å². The second-order valence-corrected chi connectivity index (χ2v) is 5.72. The lowest BCUT2D eigenvalue weighted by Gasteiger charge is -2.06. The number of alkyl halides is 3. The van der Waals surface area contributed by atoms with Crippen LogP contribution in [0.3, 0.4) is 0 Å². The van der Waals surface area contributed by atoms with Crippen LogP contribution < -0.4 is 5.32 Å². The van der Waals surface area contributed by atoms with Gasteiger partial charge < -0.3 is 9.84 Å². The molecule has 1 N–H and O–H groups in total. The van der Waals surface area contributed by atoms with Crippen LogP contribution in [0.4, 0.5) is 13.2 Å². The highest BCUT2D eigenvalue weighted by atomic mass is 19.4. The molecule has 2 heterocycles. The Bertz CT molecular complexity index is 910. The van der Waals surface area contributed by atoms with E-state index in [1.165, 1.54) is 12.1 Å². The van der Waals surface area contributed by atoms with Crippen LogP contribution in [0, 0.1) is 0 Å². The first-order chi connectivity index (χ1) is 12.9. The van der Waals surface area contributed by atoms with Crippen LogP contribution in [0.1, 0.15) is 23.4 Å². The fraction of sp³-hybridized carbons (Fsp3) is 0.222. The molecule has 3 aromatic rings. The van der Waals surface area contributed by atoms with Gasteiger partial charge in [-0.15, -0.1) is 0 Å². The van der Waals surface area contributed by atoms with Gasteiger partial charge in [-0.25, -0.2) is 0 Å². The van der Waals surface area contributed by atoms with Crippen LogP contribution in [-0.4, -0.2) is 21.0 Å². The van der Waals surface area contributed by atoms with Gasteiger partial charge in [-0.05, 0) is 29.8 Å². The molecular weight excluding hydrogens is 361 g/mol. The molecule has 0 radical (unpaired) electrons. The van der Waals surface area contributed by atoms with Crippen molar-refractivity contribution in [3.63, 3.8) is 0 Å². The Morgan fingerprint density at radius 3 is 2.67 bits per heavy atom. The largest absolute Gasteiger partial charge is 0.416 e. The molecule has 0 aliphatic heterocycles. The summed E-state index contributed by atoms with van der Waals surface area (Å²) in [6.07, 6.45) is -0.872. The number of hydrogen-bond acceptors (Lipinski definition) is 5. The summed E-state index contributed by atoms with van der Waals surface area (Å²) in [7, 11) is 0. The number of carbonyl (C=O) groups is 1. The highest BCUT2D eigenvalue weighted by molar-refractivity contribution is 5.76. The highest BCUT2D eigenvalue weighted by Gasteiger charge is 2.30. The number of rotatable bonds is 6. The van der Waals surface area contributed by atoms with Crippen LogP contribution in [0.5, 0.6) is 0 Å². The molecule has 0 fully saturated rings. The van der Waals surface area contributed by atoms with E-state index in [-0.39, 0.29) is 36.0 Å². The molecule has 0 bridgehead atoms. The van der Waals surface area contributed by atoms with E-state index in [4.69, 9.17) is 4.52 Å². The molecule has 3 rings (SSSR count). The third kappa shape index (κ3) is 5.13. The molecule has 1 amide bonds. The Labute approximate surface area is 152 Å². The minimum atomic E-state index is -4.45. The zero-order chi connectivity index (χ0) is 19.3. The lowest BCUT2D eigenvalue weighted by molar-refractivity contribution is -0.137. The minimum Gasteiger partial charge on any atom is -0.352 e. The van der Waals surface area contributed by atoms with Crippen LogP contribution in [0.15, 0.2) is 53.3 Å². The number of hydrogen-bond donors (Lipinski definition) is 1. The smallest absolute Gasteiger partial charge is 0.352 e. The molecule has 0 spiro atoms. The van der Waals surface area contributed by atoms with Crippen molar-refractivity contribution in [1.29, 1.82) is 0 Å². The van der Waals surface area contributed by atoms with Gasteiger partial charge in [-0.3, -0.25) is 9.78 Å². The summed E-state index contributed by atoms with van der Waals surface area (Å²) in [5.74, 6) is 0.0281. The summed E-state index contributed by atoms with van der Waals surface area (Å²) >= 11 is 0. The number of aromatic nitrogens is 3. The molecule has 140 valence electrons. The number of nitrogens with zero attached hydrogens (tertiary/aromatic N) is 3. The zero-order valence-corrected chi connectivity index (χ0v) is 14.0. The Kier molecular flexibility index (Phi) is 5.49. The number of aryl methyl sites for hydroxylation is 1. The van der Waals surface area contributed by atoms with Crippen molar-refractivity contribution < 1.29 is 22.5 Å². The lowest BCUT2D eigenvalue weighted by Crippen LogP contribution is -2.23. The minimum absolute atomic E-state index is 0.0493. The summed E-state index contributed by atoms with van der Waals surface area (Å²) in [6.45, 7) is 0.376. The first-order valence-corrected chi connectivity index (χ1v) is 8.07. The van der Waals surface area contributed by atoms with Crippen molar-refractivity contribution in [2.75, 3.05) is 0 Å². The van der Waals surface area contributed by atoms with E-state index in [9.17, 15) is 18.0 Å². The predicted octanol–water partition coefficient (Wildman–Crippen LogP) is 3.40. The number of nitrogens with one attached hydrogen (secondary N) is 1. The van der Waals surface area contributed by atoms with Crippen LogP contribution >= 0.6 is 0 Å². The van der Waals surface area contributed by atoms with E-state index < -0.39 is 11.7 Å². The van der Waals surface area contributed by atoms with Crippen LogP contribution in [-0.2, 0) is 23.9 Å². The summed E-state index contributed by atoms with van der Waals surface area (Å²) in [5.41, 5.74) is 0.326. The Morgan fingerprint density at radius 2 is 1.93 bits per heavy atom. The number of pyridine rings is 1.